The molecule has 1 fully saturated rings. The lowest BCUT2D eigenvalue weighted by Gasteiger charge is -2.42. The van der Waals surface area contributed by atoms with E-state index in [1.54, 1.807) is 38.1 Å². The van der Waals surface area contributed by atoms with Gasteiger partial charge in [0.25, 0.3) is 0 Å². The second kappa shape index (κ2) is 9.73. The maximum absolute atomic E-state index is 12.7. The van der Waals surface area contributed by atoms with Crippen LogP contribution in [0.4, 0.5) is 5.69 Å². The Morgan fingerprint density at radius 3 is 2.51 bits per heavy atom. The van der Waals surface area contributed by atoms with Gasteiger partial charge in [0, 0.05) is 43.9 Å². The molecule has 1 aromatic carbocycles. The molecule has 0 radical (unpaired) electrons. The maximum Gasteiger partial charge on any atom is 0.355 e. The van der Waals surface area contributed by atoms with Crippen molar-refractivity contribution in [2.24, 2.45) is 0 Å². The average Bonchev–Trinajstić information content (AvgIpc) is 3.25. The number of esters is 1. The van der Waals surface area contributed by atoms with Gasteiger partial charge in [-0.25, -0.2) is 9.59 Å². The number of aryl methyl sites for hydroxylation is 2. The molecule has 35 heavy (non-hydrogen) atoms. The van der Waals surface area contributed by atoms with Crippen molar-refractivity contribution >= 4 is 22.6 Å². The van der Waals surface area contributed by atoms with E-state index in [9.17, 15) is 14.7 Å². The lowest BCUT2D eigenvalue weighted by atomic mass is 9.99. The van der Waals surface area contributed by atoms with Crippen LogP contribution in [0.15, 0.2) is 39.5 Å². The van der Waals surface area contributed by atoms with E-state index in [1.807, 2.05) is 25.9 Å². The number of aliphatic hydroxyl groups excluding tert-OH is 1. The number of benzene rings is 1. The molecule has 188 valence electrons. The van der Waals surface area contributed by atoms with Gasteiger partial charge >= 0.3 is 11.6 Å². The van der Waals surface area contributed by atoms with E-state index >= 15 is 0 Å². The molecule has 0 saturated carbocycles. The second-order valence-corrected chi connectivity index (χ2v) is 8.85. The van der Waals surface area contributed by atoms with Crippen LogP contribution in [0.3, 0.4) is 0 Å². The highest BCUT2D eigenvalue weighted by Crippen LogP contribution is 2.34. The van der Waals surface area contributed by atoms with Gasteiger partial charge in [-0.15, -0.1) is 0 Å². The number of H-pyrrole nitrogens is 1. The molecule has 1 aliphatic heterocycles. The molecule has 0 aliphatic carbocycles. The molecule has 4 rings (SSSR count). The number of aliphatic hydroxyl groups is 1. The van der Waals surface area contributed by atoms with Gasteiger partial charge in [-0.2, -0.15) is 0 Å². The summed E-state index contributed by atoms with van der Waals surface area (Å²) in [5.41, 5.74) is 2.23. The van der Waals surface area contributed by atoms with Gasteiger partial charge in [0.05, 0.1) is 11.8 Å². The minimum atomic E-state index is -1.36. The van der Waals surface area contributed by atoms with Gasteiger partial charge in [0.2, 0.25) is 6.29 Å². The third kappa shape index (κ3) is 4.77. The summed E-state index contributed by atoms with van der Waals surface area (Å²) >= 11 is 0. The zero-order valence-electron chi connectivity index (χ0n) is 20.5. The molecular weight excluding hydrogens is 456 g/mol. The van der Waals surface area contributed by atoms with Crippen molar-refractivity contribution in [1.29, 1.82) is 0 Å². The van der Waals surface area contributed by atoms with Crippen LogP contribution < -0.4 is 15.3 Å². The molecule has 0 amide bonds. The van der Waals surface area contributed by atoms with Crippen molar-refractivity contribution in [1.82, 2.24) is 4.98 Å². The number of aromatic nitrogens is 1. The predicted octanol–water partition coefficient (Wildman–Crippen LogP) is 2.53. The Balaban J connectivity index is 1.62. The Hall–Kier alpha value is -3.34. The number of aromatic amines is 1. The van der Waals surface area contributed by atoms with E-state index in [2.05, 4.69) is 4.98 Å². The number of hydrogen-bond acceptors (Lipinski definition) is 9. The van der Waals surface area contributed by atoms with Gasteiger partial charge in [0.1, 0.15) is 23.1 Å². The first-order chi connectivity index (χ1) is 16.6. The van der Waals surface area contributed by atoms with E-state index in [0.717, 1.165) is 11.1 Å². The summed E-state index contributed by atoms with van der Waals surface area (Å²) in [6.07, 6.45) is -4.85. The fourth-order valence-corrected chi connectivity index (χ4v) is 4.31. The molecule has 10 heteroatoms. The number of nitrogens with zero attached hydrogens (tertiary/aromatic N) is 1. The minimum Gasteiger partial charge on any atom is -0.462 e. The van der Waals surface area contributed by atoms with Crippen LogP contribution in [0.5, 0.6) is 5.75 Å². The second-order valence-electron chi connectivity index (χ2n) is 8.85. The molecule has 0 bridgehead atoms. The van der Waals surface area contributed by atoms with Crippen LogP contribution in [0.25, 0.3) is 11.0 Å². The number of rotatable bonds is 6. The summed E-state index contributed by atoms with van der Waals surface area (Å²) in [7, 11) is 5.13. The SMILES string of the molecule is CO[C@@H]1[C@@H](OC(=O)c2ccc(C)[nH]2)[C@@H](O)[C@H](Oc2ccc3c(N(C)C)cc(=O)oc3c2C)O[C@H]1C. The van der Waals surface area contributed by atoms with Crippen LogP contribution >= 0.6 is 0 Å². The van der Waals surface area contributed by atoms with Crippen LogP contribution in [0.2, 0.25) is 0 Å². The summed E-state index contributed by atoms with van der Waals surface area (Å²) in [4.78, 5) is 29.5. The van der Waals surface area contributed by atoms with E-state index in [4.69, 9.17) is 23.4 Å². The fourth-order valence-electron chi connectivity index (χ4n) is 4.31. The molecule has 5 atom stereocenters. The highest BCUT2D eigenvalue weighted by molar-refractivity contribution is 5.93. The number of hydrogen-bond donors (Lipinski definition) is 2. The van der Waals surface area contributed by atoms with Crippen molar-refractivity contribution < 1.29 is 33.3 Å². The molecule has 2 N–H and O–H groups in total. The van der Waals surface area contributed by atoms with Crippen molar-refractivity contribution in [2.45, 2.75) is 51.5 Å². The molecule has 1 aliphatic rings. The molecular formula is C25H30N2O8. The Labute approximate surface area is 202 Å². The Morgan fingerprint density at radius 2 is 1.89 bits per heavy atom. The average molecular weight is 487 g/mol. The largest absolute Gasteiger partial charge is 0.462 e. The first kappa shape index (κ1) is 24.8. The van der Waals surface area contributed by atoms with E-state index < -0.39 is 42.3 Å². The van der Waals surface area contributed by atoms with Crippen LogP contribution in [0.1, 0.15) is 28.7 Å². The summed E-state index contributed by atoms with van der Waals surface area (Å²) < 4.78 is 28.5. The van der Waals surface area contributed by atoms with E-state index in [0.29, 0.717) is 22.6 Å². The smallest absolute Gasteiger partial charge is 0.355 e. The van der Waals surface area contributed by atoms with Gasteiger partial charge < -0.3 is 38.4 Å². The molecule has 0 spiro atoms. The van der Waals surface area contributed by atoms with Crippen molar-refractivity contribution in [2.75, 3.05) is 26.1 Å². The Bertz CT molecular complexity index is 1280. The van der Waals surface area contributed by atoms with Gasteiger partial charge in [-0.1, -0.05) is 0 Å². The number of ether oxygens (including phenoxy) is 4. The van der Waals surface area contributed by atoms with Crippen molar-refractivity contribution in [3.8, 4) is 5.75 Å². The topological polar surface area (TPSA) is 123 Å². The first-order valence-electron chi connectivity index (χ1n) is 11.2. The zero-order chi connectivity index (χ0) is 25.4. The zero-order valence-corrected chi connectivity index (χ0v) is 20.5. The summed E-state index contributed by atoms with van der Waals surface area (Å²) in [6.45, 7) is 5.31. The molecule has 0 unspecified atom stereocenters. The lowest BCUT2D eigenvalue weighted by molar-refractivity contribution is -0.272. The monoisotopic (exact) mass is 486 g/mol. The highest BCUT2D eigenvalue weighted by Gasteiger charge is 2.48. The van der Waals surface area contributed by atoms with Crippen LogP contribution in [-0.2, 0) is 14.2 Å². The Kier molecular flexibility index (Phi) is 6.88. The number of fused-ring (bicyclic) bond motifs is 1. The van der Waals surface area contributed by atoms with E-state index in [1.165, 1.54) is 13.2 Å². The number of nitrogens with one attached hydrogen (secondary N) is 1. The summed E-state index contributed by atoms with van der Waals surface area (Å²) in [5.74, 6) is -0.273. The maximum atomic E-state index is 12.7. The fraction of sp³-hybridized carbons (Fsp3) is 0.440. The third-order valence-corrected chi connectivity index (χ3v) is 6.13. The van der Waals surface area contributed by atoms with Crippen molar-refractivity contribution in [3.05, 3.63) is 57.7 Å². The number of carbonyl (C=O) groups is 1. The predicted molar refractivity (Wildman–Crippen MR) is 128 cm³/mol. The number of anilines is 1. The minimum absolute atomic E-state index is 0.262. The molecule has 2 aromatic heterocycles. The standard InChI is InChI=1S/C25H30N2O8/c1-12-7-9-16(26-12)24(30)35-23-20(29)25(32-14(3)22(23)31-6)33-18-10-8-15-17(27(4)5)11-19(28)34-21(15)13(18)2/h7-11,14,20,22-23,25-26,29H,1-6H3/t14-,20+,22-,23-,25-/m0/s1. The summed E-state index contributed by atoms with van der Waals surface area (Å²) in [6, 6.07) is 8.28. The van der Waals surface area contributed by atoms with Crippen molar-refractivity contribution in [3.63, 3.8) is 0 Å². The van der Waals surface area contributed by atoms with E-state index in [-0.39, 0.29) is 5.69 Å². The lowest BCUT2D eigenvalue weighted by Crippen LogP contribution is -2.60. The quantitative estimate of drug-likeness (QED) is 0.400. The third-order valence-electron chi connectivity index (χ3n) is 6.13. The normalized spacial score (nSPS) is 24.4. The van der Waals surface area contributed by atoms with Gasteiger partial charge in [-0.05, 0) is 45.0 Å². The molecule has 3 aromatic rings. The van der Waals surface area contributed by atoms with Gasteiger partial charge in [0.15, 0.2) is 12.2 Å². The number of methoxy groups -OCH3 is 1. The summed E-state index contributed by atoms with van der Waals surface area (Å²) in [5, 5.41) is 11.8. The van der Waals surface area contributed by atoms with Crippen LogP contribution in [0, 0.1) is 13.8 Å². The first-order valence-corrected chi connectivity index (χ1v) is 11.2. The highest BCUT2D eigenvalue weighted by atomic mass is 16.7. The molecule has 10 nitrogen and oxygen atoms in total. The molecule has 1 saturated heterocycles. The van der Waals surface area contributed by atoms with Crippen LogP contribution in [-0.4, -0.2) is 68.0 Å². The molecule has 3 heterocycles. The van der Waals surface area contributed by atoms with Gasteiger partial charge in [-0.3, -0.25) is 0 Å². The Morgan fingerprint density at radius 1 is 1.14 bits per heavy atom. The number of carbonyl (C=O) groups excluding carboxylic acids is 1.